The van der Waals surface area contributed by atoms with Gasteiger partial charge in [-0.25, -0.2) is 8.42 Å². The summed E-state index contributed by atoms with van der Waals surface area (Å²) < 4.78 is 28.6. The molecule has 3 aromatic rings. The number of hydrazone groups is 1. The smallest absolute Gasteiger partial charge is 0.270 e. The summed E-state index contributed by atoms with van der Waals surface area (Å²) in [5, 5.41) is 26.0. The molecule has 0 bridgehead atoms. The number of anilines is 2. The van der Waals surface area contributed by atoms with E-state index in [9.17, 15) is 28.6 Å². The van der Waals surface area contributed by atoms with Crippen LogP contribution in [0.2, 0.25) is 0 Å². The van der Waals surface area contributed by atoms with E-state index in [1.54, 1.807) is 31.2 Å². The number of rotatable bonds is 8. The molecule has 0 aliphatic rings. The second-order valence-corrected chi connectivity index (χ2v) is 8.73. The number of hydrogen-bond acceptors (Lipinski definition) is 8. The molecule has 0 aliphatic carbocycles. The maximum atomic E-state index is 13.1. The van der Waals surface area contributed by atoms with E-state index in [-0.39, 0.29) is 16.3 Å². The fourth-order valence-corrected chi connectivity index (χ4v) is 4.27. The summed E-state index contributed by atoms with van der Waals surface area (Å²) >= 11 is 0. The lowest BCUT2D eigenvalue weighted by Gasteiger charge is -2.14. The molecule has 0 aliphatic heterocycles. The number of hydrogen-bond donors (Lipinski definition) is 2. The number of nitro groups is 2. The van der Waals surface area contributed by atoms with Crippen molar-refractivity contribution in [2.75, 3.05) is 10.1 Å². The maximum Gasteiger partial charge on any atom is 0.270 e. The van der Waals surface area contributed by atoms with Gasteiger partial charge in [-0.15, -0.1) is 0 Å². The molecular formula is C21H19N5O6S. The Bertz CT molecular complexity index is 1370. The van der Waals surface area contributed by atoms with E-state index in [1.165, 1.54) is 30.5 Å². The monoisotopic (exact) mass is 469 g/mol. The Morgan fingerprint density at radius 1 is 0.879 bits per heavy atom. The van der Waals surface area contributed by atoms with Crippen molar-refractivity contribution < 1.29 is 18.3 Å². The van der Waals surface area contributed by atoms with Gasteiger partial charge in [-0.05, 0) is 31.5 Å². The van der Waals surface area contributed by atoms with Crippen LogP contribution < -0.4 is 10.1 Å². The van der Waals surface area contributed by atoms with Crippen LogP contribution in [-0.2, 0) is 10.0 Å². The van der Waals surface area contributed by atoms with E-state index in [2.05, 4.69) is 15.2 Å². The van der Waals surface area contributed by atoms with Crippen molar-refractivity contribution in [3.8, 4) is 0 Å². The molecule has 0 atom stereocenters. The Labute approximate surface area is 189 Å². The molecule has 3 aromatic carbocycles. The molecule has 0 aromatic heterocycles. The third-order valence-electron chi connectivity index (χ3n) is 4.57. The molecule has 11 nitrogen and oxygen atoms in total. The van der Waals surface area contributed by atoms with Crippen molar-refractivity contribution in [1.82, 2.24) is 0 Å². The summed E-state index contributed by atoms with van der Waals surface area (Å²) in [6.45, 7) is 3.61. The summed E-state index contributed by atoms with van der Waals surface area (Å²) in [4.78, 5) is 20.5. The fourth-order valence-electron chi connectivity index (χ4n) is 2.96. The Hall–Kier alpha value is -4.32. The standard InChI is InChI=1S/C21H19N5O6S/c1-14-6-8-19(15(2)10-14)24-33(31,32)21-12-18(26(29)30)7-9-20(21)23-22-13-16-4-3-5-17(11-16)25(27)28/h3-13,23-24H,1-2H3. The second kappa shape index (κ2) is 9.44. The molecule has 0 spiro atoms. The predicted octanol–water partition coefficient (Wildman–Crippen LogP) is 4.37. The normalized spacial score (nSPS) is 11.3. The van der Waals surface area contributed by atoms with E-state index < -0.39 is 25.6 Å². The van der Waals surface area contributed by atoms with Crippen molar-refractivity contribution in [3.05, 3.63) is 97.6 Å². The lowest BCUT2D eigenvalue weighted by Crippen LogP contribution is -2.16. The summed E-state index contributed by atoms with van der Waals surface area (Å²) in [6, 6.07) is 14.1. The molecule has 0 heterocycles. The summed E-state index contributed by atoms with van der Waals surface area (Å²) in [5.74, 6) is 0. The van der Waals surface area contributed by atoms with Crippen LogP contribution >= 0.6 is 0 Å². The first kappa shape index (κ1) is 23.3. The van der Waals surface area contributed by atoms with E-state index in [0.29, 0.717) is 16.8 Å². The van der Waals surface area contributed by atoms with Crippen LogP contribution in [0.3, 0.4) is 0 Å². The number of nitrogens with one attached hydrogen (secondary N) is 2. The minimum atomic E-state index is -4.23. The highest BCUT2D eigenvalue weighted by Gasteiger charge is 2.23. The highest BCUT2D eigenvalue weighted by Crippen LogP contribution is 2.29. The molecule has 2 N–H and O–H groups in total. The van der Waals surface area contributed by atoms with Gasteiger partial charge in [0.15, 0.2) is 0 Å². The van der Waals surface area contributed by atoms with Gasteiger partial charge in [0, 0.05) is 29.8 Å². The maximum absolute atomic E-state index is 13.1. The molecule has 33 heavy (non-hydrogen) atoms. The first-order chi connectivity index (χ1) is 15.6. The Morgan fingerprint density at radius 2 is 1.55 bits per heavy atom. The molecule has 0 saturated carbocycles. The van der Waals surface area contributed by atoms with Crippen molar-refractivity contribution in [2.24, 2.45) is 5.10 Å². The Balaban J connectivity index is 1.95. The van der Waals surface area contributed by atoms with E-state index in [0.717, 1.165) is 17.7 Å². The van der Waals surface area contributed by atoms with Crippen LogP contribution in [0, 0.1) is 34.1 Å². The first-order valence-corrected chi connectivity index (χ1v) is 11.0. The molecular weight excluding hydrogens is 450 g/mol. The van der Waals surface area contributed by atoms with Gasteiger partial charge in [-0.3, -0.25) is 30.4 Å². The first-order valence-electron chi connectivity index (χ1n) is 9.49. The quantitative estimate of drug-likeness (QED) is 0.282. The molecule has 0 radical (unpaired) electrons. The zero-order chi connectivity index (χ0) is 24.2. The van der Waals surface area contributed by atoms with Crippen LogP contribution in [0.4, 0.5) is 22.7 Å². The number of benzene rings is 3. The van der Waals surface area contributed by atoms with Gasteiger partial charge in [0.05, 0.1) is 27.4 Å². The summed E-state index contributed by atoms with van der Waals surface area (Å²) in [5.41, 5.74) is 4.36. The van der Waals surface area contributed by atoms with Crippen molar-refractivity contribution in [3.63, 3.8) is 0 Å². The predicted molar refractivity (Wildman–Crippen MR) is 124 cm³/mol. The van der Waals surface area contributed by atoms with E-state index in [1.807, 2.05) is 6.92 Å². The number of non-ortho nitro benzene ring substituents is 2. The molecule has 0 unspecified atom stereocenters. The Kier molecular flexibility index (Phi) is 6.68. The summed E-state index contributed by atoms with van der Waals surface area (Å²) in [6.07, 6.45) is 1.27. The van der Waals surface area contributed by atoms with Gasteiger partial charge in [-0.2, -0.15) is 5.10 Å². The molecule has 170 valence electrons. The van der Waals surface area contributed by atoms with Gasteiger partial charge in [-0.1, -0.05) is 29.8 Å². The van der Waals surface area contributed by atoms with Crippen LogP contribution in [-0.4, -0.2) is 24.5 Å². The van der Waals surface area contributed by atoms with Crippen LogP contribution in [0.1, 0.15) is 16.7 Å². The number of sulfonamides is 1. The van der Waals surface area contributed by atoms with Crippen molar-refractivity contribution >= 4 is 39.0 Å². The Morgan fingerprint density at radius 3 is 2.21 bits per heavy atom. The zero-order valence-corrected chi connectivity index (χ0v) is 18.4. The largest absolute Gasteiger partial charge is 0.279 e. The zero-order valence-electron chi connectivity index (χ0n) is 17.6. The average molecular weight is 469 g/mol. The average Bonchev–Trinajstić information content (AvgIpc) is 2.76. The summed E-state index contributed by atoms with van der Waals surface area (Å²) in [7, 11) is -4.23. The van der Waals surface area contributed by atoms with E-state index in [4.69, 9.17) is 0 Å². The SMILES string of the molecule is Cc1ccc(NS(=O)(=O)c2cc([N+](=O)[O-])ccc2NN=Cc2cccc([N+](=O)[O-])c2)c(C)c1. The topological polar surface area (TPSA) is 157 Å². The molecule has 0 fully saturated rings. The van der Waals surface area contributed by atoms with Gasteiger partial charge in [0.1, 0.15) is 4.90 Å². The number of nitro benzene ring substituents is 2. The number of nitrogens with zero attached hydrogens (tertiary/aromatic N) is 3. The van der Waals surface area contributed by atoms with E-state index >= 15 is 0 Å². The van der Waals surface area contributed by atoms with Crippen LogP contribution in [0.15, 0.2) is 70.7 Å². The lowest BCUT2D eigenvalue weighted by molar-refractivity contribution is -0.385. The molecule has 0 saturated heterocycles. The lowest BCUT2D eigenvalue weighted by atomic mass is 10.1. The number of aryl methyl sites for hydroxylation is 2. The van der Waals surface area contributed by atoms with Gasteiger partial charge < -0.3 is 0 Å². The van der Waals surface area contributed by atoms with Gasteiger partial charge in [0.2, 0.25) is 0 Å². The molecule has 3 rings (SSSR count). The van der Waals surface area contributed by atoms with Crippen molar-refractivity contribution in [2.45, 2.75) is 18.7 Å². The van der Waals surface area contributed by atoms with Crippen molar-refractivity contribution in [1.29, 1.82) is 0 Å². The second-order valence-electron chi connectivity index (χ2n) is 7.08. The fraction of sp³-hybridized carbons (Fsp3) is 0.0952. The third kappa shape index (κ3) is 5.68. The highest BCUT2D eigenvalue weighted by molar-refractivity contribution is 7.92. The molecule has 0 amide bonds. The minimum absolute atomic E-state index is 0.0143. The minimum Gasteiger partial charge on any atom is -0.279 e. The van der Waals surface area contributed by atoms with Gasteiger partial charge >= 0.3 is 0 Å². The third-order valence-corrected chi connectivity index (χ3v) is 5.98. The highest BCUT2D eigenvalue weighted by atomic mass is 32.2. The van der Waals surface area contributed by atoms with Gasteiger partial charge in [0.25, 0.3) is 21.4 Å². The molecule has 12 heteroatoms. The van der Waals surface area contributed by atoms with Crippen LogP contribution in [0.5, 0.6) is 0 Å². The van der Waals surface area contributed by atoms with Crippen LogP contribution in [0.25, 0.3) is 0 Å².